The minimum atomic E-state index is 0.168. The van der Waals surface area contributed by atoms with Crippen molar-refractivity contribution in [3.8, 4) is 17.0 Å². The van der Waals surface area contributed by atoms with E-state index in [0.717, 1.165) is 46.0 Å². The van der Waals surface area contributed by atoms with Crippen LogP contribution in [0.3, 0.4) is 0 Å². The van der Waals surface area contributed by atoms with Gasteiger partial charge < -0.3 is 9.26 Å². The lowest BCUT2D eigenvalue weighted by Crippen LogP contribution is -2.40. The van der Waals surface area contributed by atoms with Crippen LogP contribution in [-0.2, 0) is 6.42 Å². The van der Waals surface area contributed by atoms with Gasteiger partial charge in [-0.2, -0.15) is 0 Å². The lowest BCUT2D eigenvalue weighted by Gasteiger charge is -2.50. The molecule has 1 fully saturated rings. The molecular formula is C28H28BrNO2. The zero-order valence-electron chi connectivity index (χ0n) is 18.6. The summed E-state index contributed by atoms with van der Waals surface area (Å²) in [6.45, 7) is 2.47. The monoisotopic (exact) mass is 489 g/mol. The van der Waals surface area contributed by atoms with Crippen LogP contribution >= 0.6 is 15.9 Å². The molecule has 164 valence electrons. The van der Waals surface area contributed by atoms with Crippen molar-refractivity contribution in [2.24, 2.45) is 17.3 Å². The summed E-state index contributed by atoms with van der Waals surface area (Å²) in [5.41, 5.74) is 6.60. The number of aryl methyl sites for hydroxylation is 1. The molecule has 3 aliphatic rings. The van der Waals surface area contributed by atoms with Crippen LogP contribution in [0.1, 0.15) is 55.4 Å². The lowest BCUT2D eigenvalue weighted by molar-refractivity contribution is 0.0872. The Kier molecular flexibility index (Phi) is 4.83. The number of ether oxygens (including phenoxy) is 1. The van der Waals surface area contributed by atoms with Gasteiger partial charge in [-0.05, 0) is 96.2 Å². The van der Waals surface area contributed by atoms with Gasteiger partial charge in [0, 0.05) is 16.1 Å². The van der Waals surface area contributed by atoms with E-state index >= 15 is 0 Å². The van der Waals surface area contributed by atoms with E-state index in [-0.39, 0.29) is 5.41 Å². The average Bonchev–Trinajstić information content (AvgIpc) is 3.43. The number of benzene rings is 2. The smallest absolute Gasteiger partial charge is 0.163 e. The standard InChI is InChI=1S/C28H28BrNO2/c1-28-14-13-22-21-10-8-20(31-2)15-18(21)5-9-23(22)24(28)11-12-25(28)27-16-26(30-32-27)17-3-6-19(29)7-4-17/h3-4,6-8,10,12,15-16,22-24H,5,9,11,13-14H2,1-2H3/t22-,23-,24+,28+/m1/s1. The van der Waals surface area contributed by atoms with Gasteiger partial charge in [0.05, 0.1) is 7.11 Å². The highest BCUT2D eigenvalue weighted by molar-refractivity contribution is 9.10. The summed E-state index contributed by atoms with van der Waals surface area (Å²) >= 11 is 3.51. The Morgan fingerprint density at radius 1 is 1.09 bits per heavy atom. The molecule has 0 unspecified atom stereocenters. The molecule has 0 spiro atoms. The van der Waals surface area contributed by atoms with Gasteiger partial charge in [-0.3, -0.25) is 0 Å². The predicted octanol–water partition coefficient (Wildman–Crippen LogP) is 7.66. The number of nitrogens with zero attached hydrogens (tertiary/aromatic N) is 1. The summed E-state index contributed by atoms with van der Waals surface area (Å²) in [4.78, 5) is 0. The molecule has 0 amide bonds. The van der Waals surface area contributed by atoms with Gasteiger partial charge in [0.2, 0.25) is 0 Å². The number of fused-ring (bicyclic) bond motifs is 5. The van der Waals surface area contributed by atoms with E-state index in [4.69, 9.17) is 9.26 Å². The van der Waals surface area contributed by atoms with Gasteiger partial charge in [0.1, 0.15) is 11.4 Å². The molecule has 0 N–H and O–H groups in total. The molecule has 4 atom stereocenters. The van der Waals surface area contributed by atoms with E-state index in [2.05, 4.69) is 70.5 Å². The van der Waals surface area contributed by atoms with Crippen LogP contribution in [0.5, 0.6) is 5.75 Å². The molecule has 1 aromatic heterocycles. The minimum Gasteiger partial charge on any atom is -0.497 e. The van der Waals surface area contributed by atoms with E-state index in [0.29, 0.717) is 11.8 Å². The van der Waals surface area contributed by atoms with Crippen molar-refractivity contribution in [3.63, 3.8) is 0 Å². The third-order valence-corrected chi connectivity index (χ3v) is 8.96. The molecule has 32 heavy (non-hydrogen) atoms. The zero-order chi connectivity index (χ0) is 21.9. The maximum absolute atomic E-state index is 5.92. The largest absolute Gasteiger partial charge is 0.497 e. The first-order chi connectivity index (χ1) is 15.6. The molecule has 0 aliphatic heterocycles. The summed E-state index contributed by atoms with van der Waals surface area (Å²) < 4.78 is 12.5. The highest BCUT2D eigenvalue weighted by Gasteiger charge is 2.52. The topological polar surface area (TPSA) is 35.3 Å². The Morgan fingerprint density at radius 3 is 2.75 bits per heavy atom. The number of rotatable bonds is 3. The Bertz CT molecular complexity index is 1190. The van der Waals surface area contributed by atoms with Crippen LogP contribution in [0.2, 0.25) is 0 Å². The van der Waals surface area contributed by atoms with Crippen LogP contribution in [0.25, 0.3) is 16.8 Å². The van der Waals surface area contributed by atoms with Crippen LogP contribution in [-0.4, -0.2) is 12.3 Å². The third-order valence-electron chi connectivity index (χ3n) is 8.43. The summed E-state index contributed by atoms with van der Waals surface area (Å²) in [5, 5.41) is 4.41. The maximum Gasteiger partial charge on any atom is 0.163 e. The van der Waals surface area contributed by atoms with Gasteiger partial charge in [-0.1, -0.05) is 52.3 Å². The maximum atomic E-state index is 5.92. The Hall–Kier alpha value is -2.33. The summed E-state index contributed by atoms with van der Waals surface area (Å²) in [7, 11) is 1.76. The quantitative estimate of drug-likeness (QED) is 0.378. The first kappa shape index (κ1) is 20.3. The van der Waals surface area contributed by atoms with E-state index in [1.165, 1.54) is 30.4 Å². The number of allylic oxidation sites excluding steroid dienone is 2. The van der Waals surface area contributed by atoms with E-state index in [9.17, 15) is 0 Å². The van der Waals surface area contributed by atoms with E-state index in [1.54, 1.807) is 12.7 Å². The highest BCUT2D eigenvalue weighted by Crippen LogP contribution is 2.63. The first-order valence-electron chi connectivity index (χ1n) is 11.7. The second-order valence-corrected chi connectivity index (χ2v) is 10.8. The Morgan fingerprint density at radius 2 is 1.94 bits per heavy atom. The Labute approximate surface area is 198 Å². The molecule has 0 saturated heterocycles. The van der Waals surface area contributed by atoms with Gasteiger partial charge in [-0.15, -0.1) is 0 Å². The van der Waals surface area contributed by atoms with Crippen molar-refractivity contribution in [1.82, 2.24) is 5.16 Å². The molecule has 0 bridgehead atoms. The molecule has 0 radical (unpaired) electrons. The molecule has 3 aliphatic carbocycles. The average molecular weight is 490 g/mol. The SMILES string of the molecule is COc1ccc2c(c1)CC[C@@H]1[C@@H]2CC[C@]2(C)C(c3cc(-c4ccc(Br)cc4)no3)=CC[C@@H]12. The molecule has 4 heteroatoms. The number of hydrogen-bond acceptors (Lipinski definition) is 3. The van der Waals surface area contributed by atoms with Crippen LogP contribution in [0.15, 0.2) is 63.6 Å². The highest BCUT2D eigenvalue weighted by atomic mass is 79.9. The molecule has 2 aromatic carbocycles. The first-order valence-corrected chi connectivity index (χ1v) is 12.5. The van der Waals surface area contributed by atoms with Gasteiger partial charge in [0.15, 0.2) is 5.76 Å². The normalized spacial score (nSPS) is 28.5. The van der Waals surface area contributed by atoms with Crippen LogP contribution in [0, 0.1) is 17.3 Å². The fourth-order valence-electron chi connectivity index (χ4n) is 6.79. The molecule has 1 heterocycles. The minimum absolute atomic E-state index is 0.168. The van der Waals surface area contributed by atoms with Gasteiger partial charge in [-0.25, -0.2) is 0 Å². The zero-order valence-corrected chi connectivity index (χ0v) is 20.2. The summed E-state index contributed by atoms with van der Waals surface area (Å²) in [6.07, 6.45) is 8.46. The molecule has 3 aromatic rings. The fourth-order valence-corrected chi connectivity index (χ4v) is 7.06. The number of halogens is 1. The van der Waals surface area contributed by atoms with Crippen molar-refractivity contribution in [3.05, 3.63) is 76.0 Å². The van der Waals surface area contributed by atoms with Crippen molar-refractivity contribution in [2.75, 3.05) is 7.11 Å². The number of aromatic nitrogens is 1. The van der Waals surface area contributed by atoms with Crippen molar-refractivity contribution >= 4 is 21.5 Å². The second-order valence-electron chi connectivity index (χ2n) is 9.87. The summed E-state index contributed by atoms with van der Waals surface area (Å²) in [6, 6.07) is 17.1. The predicted molar refractivity (Wildman–Crippen MR) is 131 cm³/mol. The van der Waals surface area contributed by atoms with E-state index in [1.807, 2.05) is 12.1 Å². The summed E-state index contributed by atoms with van der Waals surface area (Å²) in [5.74, 6) is 4.01. The molecule has 1 saturated carbocycles. The van der Waals surface area contributed by atoms with Crippen molar-refractivity contribution in [1.29, 1.82) is 0 Å². The number of methoxy groups -OCH3 is 1. The van der Waals surface area contributed by atoms with Crippen molar-refractivity contribution in [2.45, 2.75) is 44.9 Å². The number of hydrogen-bond donors (Lipinski definition) is 0. The third kappa shape index (κ3) is 3.10. The van der Waals surface area contributed by atoms with Crippen LogP contribution < -0.4 is 4.74 Å². The van der Waals surface area contributed by atoms with Crippen LogP contribution in [0.4, 0.5) is 0 Å². The van der Waals surface area contributed by atoms with E-state index < -0.39 is 0 Å². The second kappa shape index (κ2) is 7.62. The molecular weight excluding hydrogens is 462 g/mol. The lowest BCUT2D eigenvalue weighted by atomic mass is 9.54. The van der Waals surface area contributed by atoms with Gasteiger partial charge in [0.25, 0.3) is 0 Å². The van der Waals surface area contributed by atoms with Crippen molar-refractivity contribution < 1.29 is 9.26 Å². The molecule has 6 rings (SSSR count). The molecule has 3 nitrogen and oxygen atoms in total. The Balaban J connectivity index is 1.28. The van der Waals surface area contributed by atoms with Gasteiger partial charge >= 0.3 is 0 Å². The fraction of sp³-hybridized carbons (Fsp3) is 0.393.